The predicted molar refractivity (Wildman–Crippen MR) is 119 cm³/mol. The number of aliphatic carboxylic acids is 1. The van der Waals surface area contributed by atoms with Gasteiger partial charge in [-0.15, -0.1) is 0 Å². The number of fused-ring (bicyclic) bond motifs is 2. The van der Waals surface area contributed by atoms with Crippen LogP contribution in [0.2, 0.25) is 0 Å². The minimum absolute atomic E-state index is 0.178. The highest BCUT2D eigenvalue weighted by atomic mass is 19.4. The zero-order chi connectivity index (χ0) is 28.3. The van der Waals surface area contributed by atoms with Gasteiger partial charge in [0.2, 0.25) is 5.91 Å². The van der Waals surface area contributed by atoms with Crippen molar-refractivity contribution in [1.82, 2.24) is 4.98 Å². The number of carboxylic acid groups (broad SMARTS) is 1. The molecular weight excluding hydrogens is 526 g/mol. The second-order valence-corrected chi connectivity index (χ2v) is 8.62. The van der Waals surface area contributed by atoms with Gasteiger partial charge in [0.15, 0.2) is 0 Å². The van der Waals surface area contributed by atoms with Crippen LogP contribution >= 0.6 is 0 Å². The van der Waals surface area contributed by atoms with Crippen LogP contribution in [-0.2, 0) is 24.5 Å². The highest BCUT2D eigenvalue weighted by Crippen LogP contribution is 2.48. The van der Waals surface area contributed by atoms with Gasteiger partial charge in [0, 0.05) is 42.6 Å². The fraction of sp³-hybridized carbons (Fsp3) is 0.417. The van der Waals surface area contributed by atoms with Crippen molar-refractivity contribution in [2.45, 2.75) is 37.0 Å². The lowest BCUT2D eigenvalue weighted by atomic mass is 9.75. The molecule has 0 radical (unpaired) electrons. The molecule has 8 nitrogen and oxygen atoms in total. The monoisotopic (exact) mass is 548 g/mol. The summed E-state index contributed by atoms with van der Waals surface area (Å²) in [6.45, 7) is 1.18. The van der Waals surface area contributed by atoms with Gasteiger partial charge in [0.05, 0.1) is 7.11 Å². The number of carbonyl (C=O) groups excluding carboxylic acids is 2. The van der Waals surface area contributed by atoms with Crippen LogP contribution in [0, 0.1) is 0 Å². The summed E-state index contributed by atoms with van der Waals surface area (Å²) in [5.74, 6) is -4.25. The number of anilines is 1. The molecule has 1 amide bonds. The number of pyridine rings is 1. The molecule has 0 unspecified atom stereocenters. The Morgan fingerprint density at radius 2 is 1.66 bits per heavy atom. The molecular formula is C24H22F6N2O6. The lowest BCUT2D eigenvalue weighted by Crippen LogP contribution is -2.41. The number of amides is 1. The molecule has 1 N–H and O–H groups in total. The highest BCUT2D eigenvalue weighted by molar-refractivity contribution is 5.97. The molecule has 0 aliphatic carbocycles. The molecule has 4 rings (SSSR count). The molecule has 3 heterocycles. The first-order valence-electron chi connectivity index (χ1n) is 11.1. The van der Waals surface area contributed by atoms with Crippen LogP contribution in [0.25, 0.3) is 11.1 Å². The zero-order valence-corrected chi connectivity index (χ0v) is 19.9. The molecule has 0 bridgehead atoms. The van der Waals surface area contributed by atoms with Crippen molar-refractivity contribution >= 4 is 23.5 Å². The Balaban J connectivity index is 0.000000505. The molecule has 1 aromatic carbocycles. The SMILES string of the molecule is COC(=O)c1ccc(-c2ccc3c(c2)C2(CCOCC2)CN3C(=O)CC(F)(F)F)cn1.O=C(O)C(F)(F)F. The average Bonchev–Trinajstić information content (AvgIpc) is 3.16. The molecule has 2 aliphatic heterocycles. The Morgan fingerprint density at radius 1 is 1.05 bits per heavy atom. The van der Waals surface area contributed by atoms with Gasteiger partial charge in [-0.3, -0.25) is 4.79 Å². The fourth-order valence-electron chi connectivity index (χ4n) is 4.32. The molecule has 1 spiro atoms. The second-order valence-electron chi connectivity index (χ2n) is 8.62. The highest BCUT2D eigenvalue weighted by Gasteiger charge is 2.47. The van der Waals surface area contributed by atoms with E-state index in [0.717, 1.165) is 16.7 Å². The Kier molecular flexibility index (Phi) is 8.34. The van der Waals surface area contributed by atoms with Crippen LogP contribution in [0.1, 0.15) is 35.3 Å². The number of ether oxygens (including phenoxy) is 2. The number of benzene rings is 1. The third kappa shape index (κ3) is 6.60. The van der Waals surface area contributed by atoms with Crippen molar-refractivity contribution in [2.75, 3.05) is 31.8 Å². The summed E-state index contributed by atoms with van der Waals surface area (Å²) < 4.78 is 80.5. The van der Waals surface area contributed by atoms with Gasteiger partial charge in [-0.1, -0.05) is 12.1 Å². The number of methoxy groups -OCH3 is 1. The van der Waals surface area contributed by atoms with E-state index in [-0.39, 0.29) is 12.2 Å². The third-order valence-electron chi connectivity index (χ3n) is 6.16. The van der Waals surface area contributed by atoms with E-state index in [2.05, 4.69) is 9.72 Å². The molecule has 206 valence electrons. The van der Waals surface area contributed by atoms with E-state index in [1.54, 1.807) is 30.5 Å². The van der Waals surface area contributed by atoms with Gasteiger partial charge in [-0.25, -0.2) is 14.6 Å². The first-order valence-corrected chi connectivity index (χ1v) is 11.1. The molecule has 0 atom stereocenters. The number of halogens is 6. The van der Waals surface area contributed by atoms with Crippen LogP contribution in [-0.4, -0.2) is 67.2 Å². The topological polar surface area (TPSA) is 106 Å². The maximum absolute atomic E-state index is 12.9. The van der Waals surface area contributed by atoms with E-state index in [0.29, 0.717) is 31.7 Å². The van der Waals surface area contributed by atoms with Gasteiger partial charge < -0.3 is 19.5 Å². The summed E-state index contributed by atoms with van der Waals surface area (Å²) in [5, 5.41) is 7.12. The molecule has 1 fully saturated rings. The van der Waals surface area contributed by atoms with E-state index in [1.165, 1.54) is 12.0 Å². The van der Waals surface area contributed by atoms with Crippen molar-refractivity contribution < 1.29 is 55.3 Å². The van der Waals surface area contributed by atoms with Gasteiger partial charge >= 0.3 is 24.3 Å². The lowest BCUT2D eigenvalue weighted by Gasteiger charge is -2.34. The number of rotatable bonds is 3. The van der Waals surface area contributed by atoms with Crippen LogP contribution < -0.4 is 4.90 Å². The summed E-state index contributed by atoms with van der Waals surface area (Å²) in [4.78, 5) is 38.3. The summed E-state index contributed by atoms with van der Waals surface area (Å²) in [5.41, 5.74) is 2.65. The van der Waals surface area contributed by atoms with Crippen molar-refractivity contribution in [3.8, 4) is 11.1 Å². The van der Waals surface area contributed by atoms with Gasteiger partial charge in [-0.2, -0.15) is 26.3 Å². The Morgan fingerprint density at radius 3 is 2.16 bits per heavy atom. The number of alkyl halides is 6. The summed E-state index contributed by atoms with van der Waals surface area (Å²) >= 11 is 0. The third-order valence-corrected chi connectivity index (χ3v) is 6.16. The summed E-state index contributed by atoms with van der Waals surface area (Å²) in [6, 6.07) is 8.64. The van der Waals surface area contributed by atoms with Crippen molar-refractivity contribution in [3.05, 3.63) is 47.8 Å². The van der Waals surface area contributed by atoms with Gasteiger partial charge in [0.1, 0.15) is 12.1 Å². The molecule has 1 saturated heterocycles. The van der Waals surface area contributed by atoms with Crippen LogP contribution in [0.15, 0.2) is 36.5 Å². The smallest absolute Gasteiger partial charge is 0.475 e. The molecule has 2 aromatic rings. The minimum atomic E-state index is -5.08. The van der Waals surface area contributed by atoms with Crippen molar-refractivity contribution in [3.63, 3.8) is 0 Å². The molecule has 1 aromatic heterocycles. The largest absolute Gasteiger partial charge is 0.490 e. The number of aromatic nitrogens is 1. The molecule has 0 saturated carbocycles. The lowest BCUT2D eigenvalue weighted by molar-refractivity contribution is -0.192. The Labute approximate surface area is 212 Å². The molecule has 2 aliphatic rings. The van der Waals surface area contributed by atoms with Crippen LogP contribution in [0.4, 0.5) is 32.0 Å². The van der Waals surface area contributed by atoms with Crippen LogP contribution in [0.5, 0.6) is 0 Å². The minimum Gasteiger partial charge on any atom is -0.475 e. The quantitative estimate of drug-likeness (QED) is 0.444. The van der Waals surface area contributed by atoms with E-state index in [1.807, 2.05) is 6.07 Å². The predicted octanol–water partition coefficient (Wildman–Crippen LogP) is 4.52. The van der Waals surface area contributed by atoms with E-state index < -0.39 is 42.0 Å². The normalized spacial score (nSPS) is 16.3. The number of hydrogen-bond donors (Lipinski definition) is 1. The maximum Gasteiger partial charge on any atom is 0.490 e. The van der Waals surface area contributed by atoms with E-state index in [9.17, 15) is 35.9 Å². The zero-order valence-electron chi connectivity index (χ0n) is 19.9. The number of carbonyl (C=O) groups is 3. The first kappa shape index (κ1) is 28.9. The maximum atomic E-state index is 12.9. The molecule has 14 heteroatoms. The number of hydrogen-bond acceptors (Lipinski definition) is 6. The van der Waals surface area contributed by atoms with E-state index in [4.69, 9.17) is 14.6 Å². The second kappa shape index (κ2) is 11.0. The Hall–Kier alpha value is -3.68. The standard InChI is InChI=1S/C22H21F3N2O4.C2HF3O2/c1-30-20(29)17-4-2-15(12-26-17)14-3-5-18-16(10-14)21(6-8-31-9-7-21)13-27(18)19(28)11-22(23,24)25;3-2(4,5)1(6)7/h2-5,10,12H,6-9,11,13H2,1H3;(H,6,7). The van der Waals surface area contributed by atoms with Gasteiger partial charge in [-0.05, 0) is 42.2 Å². The summed E-state index contributed by atoms with van der Waals surface area (Å²) in [7, 11) is 1.28. The Bertz CT molecular complexity index is 1190. The fourth-order valence-corrected chi connectivity index (χ4v) is 4.32. The van der Waals surface area contributed by atoms with Crippen molar-refractivity contribution in [1.29, 1.82) is 0 Å². The number of nitrogens with zero attached hydrogens (tertiary/aromatic N) is 2. The molecule has 38 heavy (non-hydrogen) atoms. The number of carboxylic acids is 1. The summed E-state index contributed by atoms with van der Waals surface area (Å²) in [6.07, 6.45) is -8.33. The van der Waals surface area contributed by atoms with Crippen LogP contribution in [0.3, 0.4) is 0 Å². The first-order chi connectivity index (χ1) is 17.7. The van der Waals surface area contributed by atoms with Crippen molar-refractivity contribution in [2.24, 2.45) is 0 Å². The number of esters is 1. The van der Waals surface area contributed by atoms with Gasteiger partial charge in [0.25, 0.3) is 0 Å². The van der Waals surface area contributed by atoms with E-state index >= 15 is 0 Å². The average molecular weight is 548 g/mol.